The van der Waals surface area contributed by atoms with E-state index in [1.807, 2.05) is 6.92 Å². The fourth-order valence-corrected chi connectivity index (χ4v) is 3.94. The van der Waals surface area contributed by atoms with Crippen molar-refractivity contribution in [1.29, 1.82) is 0 Å². The Morgan fingerprint density at radius 2 is 1.41 bits per heavy atom. The molecular weight excluding hydrogens is 409 g/mol. The monoisotopic (exact) mass is 440 g/mol. The zero-order chi connectivity index (χ0) is 23.1. The van der Waals surface area contributed by atoms with Gasteiger partial charge in [-0.15, -0.1) is 0 Å². The molecule has 3 rings (SSSR count). The summed E-state index contributed by atoms with van der Waals surface area (Å²) < 4.78 is 48.8. The SMILES string of the molecule is CCCCCc1ccc(CCc2cc(F)c(-c3ccc(OCC)c(F)c3F)cc2C)cc1. The predicted molar refractivity (Wildman–Crippen MR) is 125 cm³/mol. The van der Waals surface area contributed by atoms with E-state index in [1.54, 1.807) is 13.0 Å². The van der Waals surface area contributed by atoms with Crippen LogP contribution in [0.5, 0.6) is 5.75 Å². The van der Waals surface area contributed by atoms with E-state index >= 15 is 0 Å². The van der Waals surface area contributed by atoms with Crippen LogP contribution in [-0.4, -0.2) is 6.61 Å². The van der Waals surface area contributed by atoms with E-state index in [9.17, 15) is 13.2 Å². The first-order chi connectivity index (χ1) is 15.4. The Morgan fingerprint density at radius 3 is 2.06 bits per heavy atom. The van der Waals surface area contributed by atoms with Crippen LogP contribution < -0.4 is 4.74 Å². The maximum Gasteiger partial charge on any atom is 0.201 e. The second-order valence-electron chi connectivity index (χ2n) is 8.20. The normalized spacial score (nSPS) is 11.1. The number of hydrogen-bond donors (Lipinski definition) is 0. The quantitative estimate of drug-likeness (QED) is 0.290. The summed E-state index contributed by atoms with van der Waals surface area (Å²) >= 11 is 0. The number of benzene rings is 3. The largest absolute Gasteiger partial charge is 0.491 e. The molecule has 4 heteroatoms. The smallest absolute Gasteiger partial charge is 0.201 e. The van der Waals surface area contributed by atoms with Gasteiger partial charge in [-0.1, -0.05) is 44.0 Å². The molecule has 0 heterocycles. The molecule has 0 fully saturated rings. The molecular formula is C28H31F3O. The third kappa shape index (κ3) is 5.73. The maximum atomic E-state index is 14.9. The van der Waals surface area contributed by atoms with Gasteiger partial charge in [-0.25, -0.2) is 8.78 Å². The van der Waals surface area contributed by atoms with Gasteiger partial charge in [0.15, 0.2) is 11.6 Å². The molecule has 0 N–H and O–H groups in total. The summed E-state index contributed by atoms with van der Waals surface area (Å²) in [5.74, 6) is -2.91. The molecule has 0 aliphatic rings. The van der Waals surface area contributed by atoms with Crippen molar-refractivity contribution >= 4 is 0 Å². The van der Waals surface area contributed by atoms with Crippen molar-refractivity contribution in [3.8, 4) is 16.9 Å². The molecule has 1 nitrogen and oxygen atoms in total. The van der Waals surface area contributed by atoms with Crippen molar-refractivity contribution in [1.82, 2.24) is 0 Å². The van der Waals surface area contributed by atoms with Crippen LogP contribution in [0.4, 0.5) is 13.2 Å². The van der Waals surface area contributed by atoms with Crippen LogP contribution in [0.2, 0.25) is 0 Å². The minimum Gasteiger partial charge on any atom is -0.491 e. The van der Waals surface area contributed by atoms with Gasteiger partial charge in [0.05, 0.1) is 6.61 Å². The summed E-state index contributed by atoms with van der Waals surface area (Å²) in [5.41, 5.74) is 4.22. The number of unbranched alkanes of at least 4 members (excludes halogenated alkanes) is 2. The first-order valence-corrected chi connectivity index (χ1v) is 11.4. The molecule has 0 spiro atoms. The standard InChI is InChI=1S/C28H31F3O/c1-4-6-7-8-20-9-11-21(12-10-20)13-14-22-18-25(29)24(17-19(22)3)23-15-16-26(32-5-2)28(31)27(23)30/h9-12,15-18H,4-8,13-14H2,1-3H3. The van der Waals surface area contributed by atoms with Crippen LogP contribution in [0.3, 0.4) is 0 Å². The summed E-state index contributed by atoms with van der Waals surface area (Å²) in [5, 5.41) is 0. The summed E-state index contributed by atoms with van der Waals surface area (Å²) in [7, 11) is 0. The number of rotatable bonds is 10. The molecule has 32 heavy (non-hydrogen) atoms. The Labute approximate surface area is 189 Å². The lowest BCUT2D eigenvalue weighted by molar-refractivity contribution is 0.314. The predicted octanol–water partition coefficient (Wildman–Crippen LogP) is 8.00. The van der Waals surface area contributed by atoms with E-state index in [1.165, 1.54) is 48.6 Å². The highest BCUT2D eigenvalue weighted by Crippen LogP contribution is 2.33. The van der Waals surface area contributed by atoms with Crippen molar-refractivity contribution in [2.75, 3.05) is 6.61 Å². The Bertz CT molecular complexity index is 1040. The summed E-state index contributed by atoms with van der Waals surface area (Å²) in [4.78, 5) is 0. The third-order valence-electron chi connectivity index (χ3n) is 5.84. The van der Waals surface area contributed by atoms with Gasteiger partial charge < -0.3 is 4.74 Å². The topological polar surface area (TPSA) is 9.23 Å². The molecule has 170 valence electrons. The molecule has 0 bridgehead atoms. The lowest BCUT2D eigenvalue weighted by Gasteiger charge is -2.13. The molecule has 0 aliphatic carbocycles. The lowest BCUT2D eigenvalue weighted by Crippen LogP contribution is -2.01. The number of hydrogen-bond acceptors (Lipinski definition) is 1. The van der Waals surface area contributed by atoms with Crippen molar-refractivity contribution in [2.24, 2.45) is 0 Å². The van der Waals surface area contributed by atoms with Crippen LogP contribution in [0, 0.1) is 24.4 Å². The fourth-order valence-electron chi connectivity index (χ4n) is 3.94. The highest BCUT2D eigenvalue weighted by Gasteiger charge is 2.19. The van der Waals surface area contributed by atoms with E-state index in [4.69, 9.17) is 4.74 Å². The van der Waals surface area contributed by atoms with Gasteiger partial charge in [0.25, 0.3) is 0 Å². The van der Waals surface area contributed by atoms with Gasteiger partial charge in [-0.2, -0.15) is 4.39 Å². The van der Waals surface area contributed by atoms with Crippen molar-refractivity contribution in [3.05, 3.63) is 88.2 Å². The summed E-state index contributed by atoms with van der Waals surface area (Å²) in [6, 6.07) is 14.4. The molecule has 0 aromatic heterocycles. The number of halogens is 3. The van der Waals surface area contributed by atoms with E-state index < -0.39 is 17.5 Å². The molecule has 0 unspecified atom stereocenters. The summed E-state index contributed by atoms with van der Waals surface area (Å²) in [6.07, 6.45) is 6.24. The summed E-state index contributed by atoms with van der Waals surface area (Å²) in [6.45, 7) is 5.99. The average Bonchev–Trinajstić information content (AvgIpc) is 2.79. The van der Waals surface area contributed by atoms with Gasteiger partial charge in [0.1, 0.15) is 5.82 Å². The molecule has 0 aliphatic heterocycles. The van der Waals surface area contributed by atoms with Crippen LogP contribution >= 0.6 is 0 Å². The molecule has 0 atom stereocenters. The lowest BCUT2D eigenvalue weighted by atomic mass is 9.94. The van der Waals surface area contributed by atoms with E-state index in [0.717, 1.165) is 24.0 Å². The number of ether oxygens (including phenoxy) is 1. The molecule has 0 saturated heterocycles. The first-order valence-electron chi connectivity index (χ1n) is 11.4. The first kappa shape index (κ1) is 23.9. The Morgan fingerprint density at radius 1 is 0.719 bits per heavy atom. The zero-order valence-corrected chi connectivity index (χ0v) is 19.1. The zero-order valence-electron chi connectivity index (χ0n) is 19.1. The van der Waals surface area contributed by atoms with Crippen LogP contribution in [0.15, 0.2) is 48.5 Å². The van der Waals surface area contributed by atoms with Gasteiger partial charge in [0.2, 0.25) is 5.82 Å². The average molecular weight is 441 g/mol. The Kier molecular flexibility index (Phi) is 8.38. The van der Waals surface area contributed by atoms with Crippen LogP contribution in [0.1, 0.15) is 55.4 Å². The van der Waals surface area contributed by atoms with Crippen LogP contribution in [-0.2, 0) is 19.3 Å². The minimum atomic E-state index is -1.10. The van der Waals surface area contributed by atoms with Gasteiger partial charge in [-0.3, -0.25) is 0 Å². The maximum absolute atomic E-state index is 14.9. The van der Waals surface area contributed by atoms with Gasteiger partial charge in [0, 0.05) is 11.1 Å². The molecule has 0 saturated carbocycles. The Balaban J connectivity index is 1.73. The highest BCUT2D eigenvalue weighted by molar-refractivity contribution is 5.67. The molecule has 0 amide bonds. The highest BCUT2D eigenvalue weighted by atomic mass is 19.2. The molecule has 0 radical (unpaired) electrons. The molecule has 3 aromatic rings. The van der Waals surface area contributed by atoms with Crippen molar-refractivity contribution in [3.63, 3.8) is 0 Å². The van der Waals surface area contributed by atoms with Crippen LogP contribution in [0.25, 0.3) is 11.1 Å². The second-order valence-corrected chi connectivity index (χ2v) is 8.20. The van der Waals surface area contributed by atoms with E-state index in [-0.39, 0.29) is 23.5 Å². The van der Waals surface area contributed by atoms with E-state index in [0.29, 0.717) is 6.42 Å². The van der Waals surface area contributed by atoms with Gasteiger partial charge >= 0.3 is 0 Å². The molecule has 3 aromatic carbocycles. The fraction of sp³-hybridized carbons (Fsp3) is 0.357. The van der Waals surface area contributed by atoms with E-state index in [2.05, 4.69) is 31.2 Å². The number of aryl methyl sites for hydroxylation is 4. The second kappa shape index (κ2) is 11.2. The third-order valence-corrected chi connectivity index (χ3v) is 5.84. The minimum absolute atomic E-state index is 0.0575. The van der Waals surface area contributed by atoms with Crippen molar-refractivity contribution < 1.29 is 17.9 Å². The van der Waals surface area contributed by atoms with Gasteiger partial charge in [-0.05, 0) is 86.1 Å². The Hall–Kier alpha value is -2.75. The van der Waals surface area contributed by atoms with Crippen molar-refractivity contribution in [2.45, 2.75) is 59.3 Å².